The van der Waals surface area contributed by atoms with Gasteiger partial charge in [0.1, 0.15) is 12.9 Å². The number of aryl methyl sites for hydroxylation is 2. The monoisotopic (exact) mass is 308 g/mol. The Kier molecular flexibility index (Phi) is 3.02. The molecule has 0 aliphatic rings. The number of hydrogen-bond acceptors (Lipinski definition) is 2. The normalized spacial score (nSPS) is 16.7. The first-order valence-corrected chi connectivity index (χ1v) is 7.50. The molecule has 3 nitrogen and oxygen atoms in total. The summed E-state index contributed by atoms with van der Waals surface area (Å²) in [5, 5.41) is 0. The van der Waals surface area contributed by atoms with E-state index in [0.717, 1.165) is 22.4 Å². The maximum atomic E-state index is 8.10. The number of hydrogen-bond donors (Lipinski definition) is 0. The summed E-state index contributed by atoms with van der Waals surface area (Å²) in [5.74, 6) is -1.85. The summed E-state index contributed by atoms with van der Waals surface area (Å²) >= 11 is 0. The summed E-state index contributed by atoms with van der Waals surface area (Å²) in [7, 11) is 1.99. The predicted octanol–water partition coefficient (Wildman–Crippen LogP) is 4.07. The summed E-state index contributed by atoms with van der Waals surface area (Å²) in [6.07, 6.45) is 5.14. The molecule has 1 aromatic carbocycles. The second-order valence-electron chi connectivity index (χ2n) is 5.65. The van der Waals surface area contributed by atoms with E-state index in [9.17, 15) is 0 Å². The standard InChI is InChI=1S/C20H22N3/c1-14(2)20-21-12-17(13-22-20)16-9-10-23(4)19(11-16)18-8-6-5-7-15(18)3/h5-14H,1-4H3/q+1/i1D3,14D. The molecule has 0 fully saturated rings. The van der Waals surface area contributed by atoms with Gasteiger partial charge in [-0.15, -0.1) is 0 Å². The molecule has 1 unspecified atom stereocenters. The first-order valence-electron chi connectivity index (χ1n) is 9.50. The summed E-state index contributed by atoms with van der Waals surface area (Å²) in [5.41, 5.74) is 5.08. The quantitative estimate of drug-likeness (QED) is 0.683. The van der Waals surface area contributed by atoms with Gasteiger partial charge in [0.05, 0.1) is 0 Å². The third kappa shape index (κ3) is 3.14. The van der Waals surface area contributed by atoms with Crippen LogP contribution in [-0.2, 0) is 7.05 Å². The fourth-order valence-electron chi connectivity index (χ4n) is 2.55. The van der Waals surface area contributed by atoms with Gasteiger partial charge in [-0.1, -0.05) is 32.0 Å². The van der Waals surface area contributed by atoms with Gasteiger partial charge in [-0.2, -0.15) is 0 Å². The molecule has 0 saturated heterocycles. The molecule has 3 aromatic rings. The van der Waals surface area contributed by atoms with Crippen LogP contribution < -0.4 is 4.57 Å². The van der Waals surface area contributed by atoms with E-state index in [-0.39, 0.29) is 5.82 Å². The van der Waals surface area contributed by atoms with Crippen molar-refractivity contribution >= 4 is 0 Å². The molecule has 0 aliphatic heterocycles. The molecule has 0 saturated carbocycles. The summed E-state index contributed by atoms with van der Waals surface area (Å²) < 4.78 is 32.7. The van der Waals surface area contributed by atoms with E-state index >= 15 is 0 Å². The van der Waals surface area contributed by atoms with Crippen LogP contribution in [0.4, 0.5) is 0 Å². The van der Waals surface area contributed by atoms with Crippen LogP contribution in [0.5, 0.6) is 0 Å². The Morgan fingerprint density at radius 3 is 2.57 bits per heavy atom. The maximum Gasteiger partial charge on any atom is 0.213 e. The van der Waals surface area contributed by atoms with Gasteiger partial charge in [-0.3, -0.25) is 0 Å². The largest absolute Gasteiger partial charge is 0.240 e. The molecule has 0 aliphatic carbocycles. The van der Waals surface area contributed by atoms with Crippen LogP contribution in [0.25, 0.3) is 22.4 Å². The highest BCUT2D eigenvalue weighted by Gasteiger charge is 2.14. The van der Waals surface area contributed by atoms with Crippen molar-refractivity contribution < 1.29 is 10.1 Å². The highest BCUT2D eigenvalue weighted by Crippen LogP contribution is 2.25. The SMILES string of the molecule is [2H]C([2H])([2H])C([2H])(C)c1ncc(-c2cc[n+](C)c(-c3ccccc3C)c2)cn1. The molecule has 0 bridgehead atoms. The second kappa shape index (κ2) is 6.29. The molecule has 0 N–H and O–H groups in total. The molecule has 2 heterocycles. The van der Waals surface area contributed by atoms with Gasteiger partial charge in [-0.05, 0) is 24.1 Å². The minimum Gasteiger partial charge on any atom is -0.240 e. The fourth-order valence-corrected chi connectivity index (χ4v) is 2.55. The van der Waals surface area contributed by atoms with Crippen LogP contribution in [0.15, 0.2) is 55.0 Å². The number of rotatable bonds is 3. The maximum absolute atomic E-state index is 8.10. The molecule has 23 heavy (non-hydrogen) atoms. The molecule has 0 radical (unpaired) electrons. The zero-order chi connectivity index (χ0) is 19.8. The minimum absolute atomic E-state index is 0.00753. The van der Waals surface area contributed by atoms with Crippen molar-refractivity contribution in [1.82, 2.24) is 9.97 Å². The van der Waals surface area contributed by atoms with E-state index in [2.05, 4.69) is 39.7 Å². The second-order valence-corrected chi connectivity index (χ2v) is 5.65. The molecule has 0 amide bonds. The Labute approximate surface area is 143 Å². The molecule has 0 spiro atoms. The lowest BCUT2D eigenvalue weighted by Gasteiger charge is -2.08. The number of benzene rings is 1. The molecular weight excluding hydrogens is 282 g/mol. The van der Waals surface area contributed by atoms with Gasteiger partial charge in [0.15, 0.2) is 6.20 Å². The van der Waals surface area contributed by atoms with Gasteiger partial charge in [0.2, 0.25) is 5.69 Å². The predicted molar refractivity (Wildman–Crippen MR) is 92.9 cm³/mol. The first-order chi connectivity index (χ1) is 12.6. The van der Waals surface area contributed by atoms with Crippen molar-refractivity contribution in [1.29, 1.82) is 0 Å². The van der Waals surface area contributed by atoms with Crippen LogP contribution >= 0.6 is 0 Å². The van der Waals surface area contributed by atoms with Gasteiger partial charge in [0.25, 0.3) is 0 Å². The summed E-state index contributed by atoms with van der Waals surface area (Å²) in [4.78, 5) is 8.34. The molecule has 3 rings (SSSR count). The van der Waals surface area contributed by atoms with Gasteiger partial charge in [-0.25, -0.2) is 14.5 Å². The van der Waals surface area contributed by atoms with E-state index in [0.29, 0.717) is 0 Å². The third-order valence-electron chi connectivity index (χ3n) is 3.89. The van der Waals surface area contributed by atoms with Crippen molar-refractivity contribution in [3.05, 3.63) is 66.4 Å². The number of nitrogens with zero attached hydrogens (tertiary/aromatic N) is 3. The molecule has 116 valence electrons. The number of pyridine rings is 1. The van der Waals surface area contributed by atoms with Crippen LogP contribution in [0.1, 0.15) is 36.5 Å². The Balaban J connectivity index is 2.01. The van der Waals surface area contributed by atoms with Crippen LogP contribution in [-0.4, -0.2) is 9.97 Å². The van der Waals surface area contributed by atoms with Gasteiger partial charge < -0.3 is 0 Å². The summed E-state index contributed by atoms with van der Waals surface area (Å²) in [6.45, 7) is 0.893. The Morgan fingerprint density at radius 2 is 1.87 bits per heavy atom. The van der Waals surface area contributed by atoms with E-state index in [1.165, 1.54) is 12.5 Å². The smallest absolute Gasteiger partial charge is 0.213 e. The van der Waals surface area contributed by atoms with Crippen molar-refractivity contribution in [3.63, 3.8) is 0 Å². The van der Waals surface area contributed by atoms with E-state index < -0.39 is 12.7 Å². The zero-order valence-corrected chi connectivity index (χ0v) is 13.5. The van der Waals surface area contributed by atoms with Crippen molar-refractivity contribution in [2.24, 2.45) is 7.05 Å². The van der Waals surface area contributed by atoms with Gasteiger partial charge in [0, 0.05) is 47.0 Å². The lowest BCUT2D eigenvalue weighted by atomic mass is 10.0. The lowest BCUT2D eigenvalue weighted by molar-refractivity contribution is -0.660. The minimum atomic E-state index is -2.49. The highest BCUT2D eigenvalue weighted by atomic mass is 14.9. The Bertz CT molecular complexity index is 964. The molecular formula is C20H22N3+. The zero-order valence-electron chi connectivity index (χ0n) is 17.5. The fraction of sp³-hybridized carbons (Fsp3) is 0.250. The van der Waals surface area contributed by atoms with Gasteiger partial charge >= 0.3 is 0 Å². The average molecular weight is 308 g/mol. The third-order valence-corrected chi connectivity index (χ3v) is 3.89. The van der Waals surface area contributed by atoms with Crippen LogP contribution in [0, 0.1) is 6.92 Å². The highest BCUT2D eigenvalue weighted by molar-refractivity contribution is 5.69. The first kappa shape index (κ1) is 11.1. The lowest BCUT2D eigenvalue weighted by Crippen LogP contribution is -2.30. The van der Waals surface area contributed by atoms with Crippen molar-refractivity contribution in [3.8, 4) is 22.4 Å². The Hall–Kier alpha value is -2.55. The average Bonchev–Trinajstić information content (AvgIpc) is 2.62. The Morgan fingerprint density at radius 1 is 1.13 bits per heavy atom. The van der Waals surface area contributed by atoms with E-state index in [1.54, 1.807) is 12.4 Å². The van der Waals surface area contributed by atoms with Crippen molar-refractivity contribution in [2.45, 2.75) is 26.6 Å². The summed E-state index contributed by atoms with van der Waals surface area (Å²) in [6, 6.07) is 12.2. The van der Waals surface area contributed by atoms with Crippen LogP contribution in [0.2, 0.25) is 0 Å². The topological polar surface area (TPSA) is 29.7 Å². The molecule has 2 aromatic heterocycles. The molecule has 1 atom stereocenters. The number of aromatic nitrogens is 3. The van der Waals surface area contributed by atoms with E-state index in [4.69, 9.17) is 5.48 Å². The molecule has 3 heteroatoms. The van der Waals surface area contributed by atoms with Crippen molar-refractivity contribution in [2.75, 3.05) is 0 Å². The van der Waals surface area contributed by atoms with Crippen LogP contribution in [0.3, 0.4) is 0 Å². The van der Waals surface area contributed by atoms with E-state index in [1.807, 2.05) is 31.4 Å².